The second kappa shape index (κ2) is 5.17. The Bertz CT molecular complexity index is 205. The number of rotatable bonds is 2. The van der Waals surface area contributed by atoms with Crippen LogP contribution in [0.5, 0.6) is 0 Å². The fourth-order valence-corrected chi connectivity index (χ4v) is 0.445. The van der Waals surface area contributed by atoms with Gasteiger partial charge in [-0.1, -0.05) is 0 Å². The summed E-state index contributed by atoms with van der Waals surface area (Å²) in [7, 11) is 0. The van der Waals surface area contributed by atoms with Gasteiger partial charge in [0.2, 0.25) is 0 Å². The standard InChI is InChI=1S/C7H11NO4/c1-3-11-7(10)12-6(9)4-5(2)8/h4H,3,8H2,1-2H3. The molecule has 0 heterocycles. The van der Waals surface area contributed by atoms with E-state index < -0.39 is 12.1 Å². The zero-order chi connectivity index (χ0) is 9.56. The highest BCUT2D eigenvalue weighted by Gasteiger charge is 2.07. The second-order valence-electron chi connectivity index (χ2n) is 1.99. The van der Waals surface area contributed by atoms with Gasteiger partial charge in [0.15, 0.2) is 0 Å². The Hall–Kier alpha value is -1.52. The van der Waals surface area contributed by atoms with Crippen LogP contribution in [-0.2, 0) is 14.3 Å². The first-order chi connectivity index (χ1) is 5.56. The molecule has 0 saturated carbocycles. The second-order valence-corrected chi connectivity index (χ2v) is 1.99. The average molecular weight is 173 g/mol. The normalized spacial score (nSPS) is 10.7. The summed E-state index contributed by atoms with van der Waals surface area (Å²) in [5.41, 5.74) is 5.42. The molecule has 0 fully saturated rings. The van der Waals surface area contributed by atoms with Crippen LogP contribution < -0.4 is 5.73 Å². The first-order valence-electron chi connectivity index (χ1n) is 3.38. The zero-order valence-corrected chi connectivity index (χ0v) is 6.99. The molecule has 0 aliphatic heterocycles. The van der Waals surface area contributed by atoms with Crippen LogP contribution in [-0.4, -0.2) is 18.7 Å². The number of hydrogen-bond donors (Lipinski definition) is 1. The van der Waals surface area contributed by atoms with Crippen LogP contribution in [0.2, 0.25) is 0 Å². The van der Waals surface area contributed by atoms with Gasteiger partial charge in [-0.2, -0.15) is 0 Å². The third kappa shape index (κ3) is 5.28. The first-order valence-corrected chi connectivity index (χ1v) is 3.38. The highest BCUT2D eigenvalue weighted by Crippen LogP contribution is 1.89. The van der Waals surface area contributed by atoms with Crippen LogP contribution in [0.4, 0.5) is 4.79 Å². The van der Waals surface area contributed by atoms with Crippen molar-refractivity contribution in [3.63, 3.8) is 0 Å². The molecular weight excluding hydrogens is 162 g/mol. The highest BCUT2D eigenvalue weighted by molar-refractivity contribution is 5.90. The van der Waals surface area contributed by atoms with Crippen molar-refractivity contribution in [2.75, 3.05) is 6.61 Å². The maximum Gasteiger partial charge on any atom is 0.516 e. The van der Waals surface area contributed by atoms with E-state index >= 15 is 0 Å². The predicted molar refractivity (Wildman–Crippen MR) is 41.1 cm³/mol. The lowest BCUT2D eigenvalue weighted by Gasteiger charge is -1.98. The molecule has 2 N–H and O–H groups in total. The molecule has 0 aliphatic rings. The molecule has 0 amide bonds. The van der Waals surface area contributed by atoms with Crippen LogP contribution >= 0.6 is 0 Å². The lowest BCUT2D eigenvalue weighted by Crippen LogP contribution is -2.12. The van der Waals surface area contributed by atoms with E-state index in [1.807, 2.05) is 0 Å². The Morgan fingerprint density at radius 2 is 2.08 bits per heavy atom. The van der Waals surface area contributed by atoms with Crippen LogP contribution in [0.25, 0.3) is 0 Å². The molecule has 5 nitrogen and oxygen atoms in total. The lowest BCUT2D eigenvalue weighted by molar-refractivity contribution is -0.134. The Morgan fingerprint density at radius 1 is 1.50 bits per heavy atom. The van der Waals surface area contributed by atoms with Gasteiger partial charge in [0.25, 0.3) is 0 Å². The molecule has 0 aromatic heterocycles. The molecule has 0 rings (SSSR count). The summed E-state index contributed by atoms with van der Waals surface area (Å²) in [6, 6.07) is 0. The first kappa shape index (κ1) is 10.5. The summed E-state index contributed by atoms with van der Waals surface area (Å²) in [5, 5.41) is 0. The summed E-state index contributed by atoms with van der Waals surface area (Å²) in [4.78, 5) is 21.2. The van der Waals surface area contributed by atoms with Gasteiger partial charge in [-0.15, -0.1) is 0 Å². The van der Waals surface area contributed by atoms with E-state index in [2.05, 4.69) is 9.47 Å². The topological polar surface area (TPSA) is 78.6 Å². The van der Waals surface area contributed by atoms with Gasteiger partial charge >= 0.3 is 12.1 Å². The van der Waals surface area contributed by atoms with E-state index in [0.717, 1.165) is 6.08 Å². The van der Waals surface area contributed by atoms with E-state index in [1.54, 1.807) is 6.92 Å². The molecule has 0 radical (unpaired) electrons. The number of nitrogens with two attached hydrogens (primary N) is 1. The van der Waals surface area contributed by atoms with Gasteiger partial charge in [0.05, 0.1) is 6.61 Å². The third-order valence-electron chi connectivity index (χ3n) is 0.792. The molecule has 0 aromatic rings. The van der Waals surface area contributed by atoms with Crippen molar-refractivity contribution in [3.05, 3.63) is 11.8 Å². The molecular formula is C7H11NO4. The molecule has 0 unspecified atom stereocenters. The summed E-state index contributed by atoms with van der Waals surface area (Å²) >= 11 is 0. The number of ether oxygens (including phenoxy) is 2. The van der Waals surface area contributed by atoms with Crippen molar-refractivity contribution in [3.8, 4) is 0 Å². The third-order valence-corrected chi connectivity index (χ3v) is 0.792. The quantitative estimate of drug-likeness (QED) is 0.374. The van der Waals surface area contributed by atoms with Crippen LogP contribution in [0.1, 0.15) is 13.8 Å². The summed E-state index contributed by atoms with van der Waals surface area (Å²) < 4.78 is 8.49. The van der Waals surface area contributed by atoms with E-state index in [4.69, 9.17) is 5.73 Å². The summed E-state index contributed by atoms with van der Waals surface area (Å²) in [5.74, 6) is -0.826. The molecule has 0 atom stereocenters. The predicted octanol–water partition coefficient (Wildman–Crippen LogP) is 0.549. The van der Waals surface area contributed by atoms with Crippen LogP contribution in [0.15, 0.2) is 11.8 Å². The number of allylic oxidation sites excluding steroid dienone is 1. The lowest BCUT2D eigenvalue weighted by atomic mass is 10.4. The van der Waals surface area contributed by atoms with Gasteiger partial charge in [0, 0.05) is 11.8 Å². The smallest absolute Gasteiger partial charge is 0.434 e. The summed E-state index contributed by atoms with van der Waals surface area (Å²) in [6.45, 7) is 3.28. The van der Waals surface area contributed by atoms with Crippen molar-refractivity contribution in [2.45, 2.75) is 13.8 Å². The minimum atomic E-state index is -1.01. The zero-order valence-electron chi connectivity index (χ0n) is 6.99. The number of carbonyl (C=O) groups excluding carboxylic acids is 2. The van der Waals surface area contributed by atoms with E-state index in [0.29, 0.717) is 0 Å². The molecule has 0 aromatic carbocycles. The maximum atomic E-state index is 10.7. The van der Waals surface area contributed by atoms with E-state index in [9.17, 15) is 9.59 Å². The minimum Gasteiger partial charge on any atom is -0.434 e. The van der Waals surface area contributed by atoms with Crippen molar-refractivity contribution in [2.24, 2.45) is 5.73 Å². The van der Waals surface area contributed by atoms with Crippen LogP contribution in [0, 0.1) is 0 Å². The van der Waals surface area contributed by atoms with Gasteiger partial charge < -0.3 is 15.2 Å². The largest absolute Gasteiger partial charge is 0.516 e. The molecule has 0 spiro atoms. The molecule has 0 aliphatic carbocycles. The molecule has 68 valence electrons. The maximum absolute atomic E-state index is 10.7. The average Bonchev–Trinajstić information content (AvgIpc) is 1.84. The highest BCUT2D eigenvalue weighted by atomic mass is 16.7. The van der Waals surface area contributed by atoms with E-state index in [-0.39, 0.29) is 12.3 Å². The van der Waals surface area contributed by atoms with Gasteiger partial charge in [-0.25, -0.2) is 9.59 Å². The Morgan fingerprint density at radius 3 is 2.50 bits per heavy atom. The van der Waals surface area contributed by atoms with Gasteiger partial charge in [-0.05, 0) is 13.8 Å². The van der Waals surface area contributed by atoms with Gasteiger partial charge in [-0.3, -0.25) is 0 Å². The van der Waals surface area contributed by atoms with Crippen molar-refractivity contribution < 1.29 is 19.1 Å². The number of carbonyl (C=O) groups is 2. The number of hydrogen-bond acceptors (Lipinski definition) is 5. The van der Waals surface area contributed by atoms with Crippen molar-refractivity contribution in [1.29, 1.82) is 0 Å². The molecule has 0 saturated heterocycles. The SMILES string of the molecule is CCOC(=O)OC(=O)C=C(C)N. The van der Waals surface area contributed by atoms with Crippen molar-refractivity contribution >= 4 is 12.1 Å². The molecule has 12 heavy (non-hydrogen) atoms. The number of esters is 1. The minimum absolute atomic E-state index is 0.164. The van der Waals surface area contributed by atoms with E-state index in [1.165, 1.54) is 6.92 Å². The van der Waals surface area contributed by atoms with Crippen molar-refractivity contribution in [1.82, 2.24) is 0 Å². The Balaban J connectivity index is 3.85. The molecule has 5 heteroatoms. The van der Waals surface area contributed by atoms with Gasteiger partial charge in [0.1, 0.15) is 0 Å². The fourth-order valence-electron chi connectivity index (χ4n) is 0.445. The molecule has 0 bridgehead atoms. The van der Waals surface area contributed by atoms with Crippen LogP contribution in [0.3, 0.4) is 0 Å². The summed E-state index contributed by atoms with van der Waals surface area (Å²) in [6.07, 6.45) is -0.0169. The Kier molecular flexibility index (Phi) is 4.52. The fraction of sp³-hybridized carbons (Fsp3) is 0.429. The Labute approximate surface area is 70.1 Å². The monoisotopic (exact) mass is 173 g/mol.